The van der Waals surface area contributed by atoms with E-state index in [2.05, 4.69) is 5.32 Å². The first-order chi connectivity index (χ1) is 14.8. The molecule has 0 saturated heterocycles. The minimum atomic E-state index is -0.792. The SMILES string of the molecule is COCOc1ccc([N+](=O)[O-])cc1COc1ccc(C[C@H](NC(C)=O)C(=O)OC)cc1. The van der Waals surface area contributed by atoms with E-state index in [1.807, 2.05) is 0 Å². The number of nitrogens with one attached hydrogen (secondary N) is 1. The van der Waals surface area contributed by atoms with Crippen LogP contribution in [0.4, 0.5) is 5.69 Å². The number of nitro benzene ring substituents is 1. The molecule has 1 atom stereocenters. The first-order valence-electron chi connectivity index (χ1n) is 9.29. The number of non-ortho nitro benzene ring substituents is 1. The molecule has 0 aromatic heterocycles. The third-order valence-corrected chi connectivity index (χ3v) is 4.21. The van der Waals surface area contributed by atoms with Crippen molar-refractivity contribution < 1.29 is 33.5 Å². The van der Waals surface area contributed by atoms with Gasteiger partial charge in [-0.3, -0.25) is 14.9 Å². The Hall–Kier alpha value is -3.66. The average molecular weight is 432 g/mol. The van der Waals surface area contributed by atoms with Crippen LogP contribution in [0.1, 0.15) is 18.1 Å². The Morgan fingerprint density at radius 3 is 2.39 bits per heavy atom. The van der Waals surface area contributed by atoms with Gasteiger partial charge in [-0.05, 0) is 23.8 Å². The molecule has 0 heterocycles. The van der Waals surface area contributed by atoms with Gasteiger partial charge in [-0.15, -0.1) is 0 Å². The summed E-state index contributed by atoms with van der Waals surface area (Å²) in [6, 6.07) is 10.3. The summed E-state index contributed by atoms with van der Waals surface area (Å²) in [7, 11) is 2.73. The normalized spacial score (nSPS) is 11.3. The summed E-state index contributed by atoms with van der Waals surface area (Å²) in [5.41, 5.74) is 1.20. The second-order valence-corrected chi connectivity index (χ2v) is 6.51. The molecule has 0 spiro atoms. The molecule has 0 aliphatic rings. The fourth-order valence-corrected chi connectivity index (χ4v) is 2.75. The van der Waals surface area contributed by atoms with Crippen molar-refractivity contribution in [1.29, 1.82) is 0 Å². The van der Waals surface area contributed by atoms with Crippen LogP contribution in [-0.2, 0) is 32.1 Å². The van der Waals surface area contributed by atoms with Crippen LogP contribution in [0.5, 0.6) is 11.5 Å². The van der Waals surface area contributed by atoms with E-state index in [-0.39, 0.29) is 31.4 Å². The summed E-state index contributed by atoms with van der Waals surface area (Å²) >= 11 is 0. The zero-order chi connectivity index (χ0) is 22.8. The lowest BCUT2D eigenvalue weighted by Gasteiger charge is -2.16. The predicted molar refractivity (Wildman–Crippen MR) is 110 cm³/mol. The van der Waals surface area contributed by atoms with Crippen molar-refractivity contribution in [2.45, 2.75) is 26.0 Å². The van der Waals surface area contributed by atoms with Crippen LogP contribution in [0.2, 0.25) is 0 Å². The number of nitro groups is 1. The Kier molecular flexibility index (Phi) is 8.77. The number of esters is 1. The number of ether oxygens (including phenoxy) is 4. The Morgan fingerprint density at radius 2 is 1.81 bits per heavy atom. The minimum absolute atomic E-state index is 0.00479. The maximum absolute atomic E-state index is 11.8. The number of nitrogens with zero attached hydrogens (tertiary/aromatic N) is 1. The van der Waals surface area contributed by atoms with Gasteiger partial charge in [0.25, 0.3) is 5.69 Å². The highest BCUT2D eigenvalue weighted by Crippen LogP contribution is 2.26. The van der Waals surface area contributed by atoms with E-state index in [4.69, 9.17) is 18.9 Å². The largest absolute Gasteiger partial charge is 0.489 e. The Labute approximate surface area is 179 Å². The molecule has 2 aromatic rings. The standard InChI is InChI=1S/C21H24N2O8/c1-14(24)22-19(21(25)29-3)10-15-4-7-18(8-5-15)30-12-16-11-17(23(26)27)6-9-20(16)31-13-28-2/h4-9,11,19H,10,12-13H2,1-3H3,(H,22,24)/t19-/m0/s1. The predicted octanol–water partition coefficient (Wildman–Crippen LogP) is 2.38. The van der Waals surface area contributed by atoms with Crippen molar-refractivity contribution in [1.82, 2.24) is 5.32 Å². The summed E-state index contributed by atoms with van der Waals surface area (Å²) in [6.45, 7) is 1.36. The minimum Gasteiger partial charge on any atom is -0.489 e. The smallest absolute Gasteiger partial charge is 0.328 e. The summed E-state index contributed by atoms with van der Waals surface area (Å²) in [6.07, 6.45) is 0.256. The van der Waals surface area contributed by atoms with Crippen LogP contribution < -0.4 is 14.8 Å². The molecule has 0 unspecified atom stereocenters. The lowest BCUT2D eigenvalue weighted by molar-refractivity contribution is -0.385. The molecule has 0 aliphatic carbocycles. The van der Waals surface area contributed by atoms with Crippen molar-refractivity contribution in [2.75, 3.05) is 21.0 Å². The number of methoxy groups -OCH3 is 2. The second kappa shape index (κ2) is 11.5. The van der Waals surface area contributed by atoms with Crippen LogP contribution in [0.3, 0.4) is 0 Å². The third kappa shape index (κ3) is 7.27. The van der Waals surface area contributed by atoms with Crippen LogP contribution in [0.25, 0.3) is 0 Å². The number of carbonyl (C=O) groups is 2. The number of hydrogen-bond donors (Lipinski definition) is 1. The molecule has 1 amide bonds. The molecule has 0 aliphatic heterocycles. The van der Waals surface area contributed by atoms with Crippen LogP contribution in [-0.4, -0.2) is 43.9 Å². The van der Waals surface area contributed by atoms with Gasteiger partial charge in [0.1, 0.15) is 24.1 Å². The number of hydrogen-bond acceptors (Lipinski definition) is 8. The molecule has 0 saturated carbocycles. The van der Waals surface area contributed by atoms with E-state index in [0.717, 1.165) is 5.56 Å². The lowest BCUT2D eigenvalue weighted by Crippen LogP contribution is -2.41. The third-order valence-electron chi connectivity index (χ3n) is 4.21. The Balaban J connectivity index is 2.07. The van der Waals surface area contributed by atoms with E-state index in [0.29, 0.717) is 17.1 Å². The monoisotopic (exact) mass is 432 g/mol. The van der Waals surface area contributed by atoms with Gasteiger partial charge < -0.3 is 24.3 Å². The molecular formula is C21H24N2O8. The van der Waals surface area contributed by atoms with E-state index >= 15 is 0 Å². The van der Waals surface area contributed by atoms with Crippen LogP contribution in [0.15, 0.2) is 42.5 Å². The maximum atomic E-state index is 11.8. The van der Waals surface area contributed by atoms with Gasteiger partial charge in [-0.25, -0.2) is 4.79 Å². The molecule has 1 N–H and O–H groups in total. The van der Waals surface area contributed by atoms with Crippen molar-refractivity contribution in [3.05, 3.63) is 63.7 Å². The first kappa shape index (κ1) is 23.6. The van der Waals surface area contributed by atoms with E-state index < -0.39 is 16.9 Å². The topological polar surface area (TPSA) is 126 Å². The first-order valence-corrected chi connectivity index (χ1v) is 9.29. The van der Waals surface area contributed by atoms with Crippen LogP contribution in [0, 0.1) is 10.1 Å². The Morgan fingerprint density at radius 1 is 1.10 bits per heavy atom. The van der Waals surface area contributed by atoms with Crippen molar-refractivity contribution >= 4 is 17.6 Å². The Bertz CT molecular complexity index is 914. The number of carbonyl (C=O) groups excluding carboxylic acids is 2. The number of benzene rings is 2. The summed E-state index contributed by atoms with van der Waals surface area (Å²) in [4.78, 5) is 33.7. The molecule has 2 rings (SSSR count). The average Bonchev–Trinajstić information content (AvgIpc) is 2.76. The van der Waals surface area contributed by atoms with Gasteiger partial charge in [0.15, 0.2) is 6.79 Å². The van der Waals surface area contributed by atoms with Gasteiger partial charge in [-0.1, -0.05) is 12.1 Å². The zero-order valence-electron chi connectivity index (χ0n) is 17.5. The molecule has 31 heavy (non-hydrogen) atoms. The fraction of sp³-hybridized carbons (Fsp3) is 0.333. The maximum Gasteiger partial charge on any atom is 0.328 e. The van der Waals surface area contributed by atoms with Crippen LogP contribution >= 0.6 is 0 Å². The molecule has 10 nitrogen and oxygen atoms in total. The summed E-state index contributed by atoms with van der Waals surface area (Å²) < 4.78 is 20.8. The van der Waals surface area contributed by atoms with Gasteiger partial charge in [0, 0.05) is 38.2 Å². The summed E-state index contributed by atoms with van der Waals surface area (Å²) in [5.74, 6) is 0.0611. The van der Waals surface area contributed by atoms with E-state index in [1.165, 1.54) is 39.3 Å². The quantitative estimate of drug-likeness (QED) is 0.248. The molecule has 0 bridgehead atoms. The molecule has 0 fully saturated rings. The highest BCUT2D eigenvalue weighted by Gasteiger charge is 2.20. The number of rotatable bonds is 11. The summed E-state index contributed by atoms with van der Waals surface area (Å²) in [5, 5.41) is 13.6. The highest BCUT2D eigenvalue weighted by molar-refractivity contribution is 5.83. The second-order valence-electron chi connectivity index (χ2n) is 6.51. The van der Waals surface area contributed by atoms with Gasteiger partial charge in [0.05, 0.1) is 12.0 Å². The van der Waals surface area contributed by atoms with Crippen molar-refractivity contribution in [2.24, 2.45) is 0 Å². The lowest BCUT2D eigenvalue weighted by atomic mass is 10.1. The van der Waals surface area contributed by atoms with Gasteiger partial charge in [0.2, 0.25) is 5.91 Å². The van der Waals surface area contributed by atoms with E-state index in [1.54, 1.807) is 24.3 Å². The highest BCUT2D eigenvalue weighted by atomic mass is 16.7. The molecule has 10 heteroatoms. The fourth-order valence-electron chi connectivity index (χ4n) is 2.75. The molecule has 2 aromatic carbocycles. The molecular weight excluding hydrogens is 408 g/mol. The van der Waals surface area contributed by atoms with Gasteiger partial charge in [-0.2, -0.15) is 0 Å². The number of amides is 1. The van der Waals surface area contributed by atoms with E-state index in [9.17, 15) is 19.7 Å². The molecule has 0 radical (unpaired) electrons. The molecule has 166 valence electrons. The van der Waals surface area contributed by atoms with Gasteiger partial charge >= 0.3 is 5.97 Å². The van der Waals surface area contributed by atoms with Crippen molar-refractivity contribution in [3.8, 4) is 11.5 Å². The van der Waals surface area contributed by atoms with Crippen molar-refractivity contribution in [3.63, 3.8) is 0 Å². The zero-order valence-corrected chi connectivity index (χ0v) is 17.5.